The summed E-state index contributed by atoms with van der Waals surface area (Å²) in [5.41, 5.74) is 1.09. The average Bonchev–Trinajstić information content (AvgIpc) is 2.31. The fourth-order valence-corrected chi connectivity index (χ4v) is 1.12. The van der Waals surface area contributed by atoms with Crippen LogP contribution in [0.1, 0.15) is 5.56 Å². The number of nitriles is 1. The Morgan fingerprint density at radius 2 is 2.13 bits per heavy atom. The molecule has 0 saturated carbocycles. The first-order valence-electron chi connectivity index (χ1n) is 4.50. The molecule has 3 heteroatoms. The first-order chi connectivity index (χ1) is 7.27. The fourth-order valence-electron chi connectivity index (χ4n) is 1.12. The highest BCUT2D eigenvalue weighted by atomic mass is 16.5. The molecule has 15 heavy (non-hydrogen) atoms. The maximum Gasteiger partial charge on any atom is 0.348 e. The Bertz CT molecular complexity index is 401. The van der Waals surface area contributed by atoms with Crippen LogP contribution >= 0.6 is 0 Å². The number of ether oxygens (including phenoxy) is 1. The molecule has 0 fully saturated rings. The van der Waals surface area contributed by atoms with Gasteiger partial charge in [0.05, 0.1) is 7.11 Å². The van der Waals surface area contributed by atoms with Crippen molar-refractivity contribution in [2.24, 2.45) is 0 Å². The summed E-state index contributed by atoms with van der Waals surface area (Å²) in [6.07, 6.45) is 2.12. The van der Waals surface area contributed by atoms with E-state index >= 15 is 0 Å². The van der Waals surface area contributed by atoms with Crippen LogP contribution in [0.5, 0.6) is 0 Å². The van der Waals surface area contributed by atoms with Gasteiger partial charge in [0.25, 0.3) is 0 Å². The van der Waals surface area contributed by atoms with Gasteiger partial charge in [-0.15, -0.1) is 0 Å². The molecule has 0 saturated heterocycles. The lowest BCUT2D eigenvalue weighted by Gasteiger charge is -1.97. The number of carbonyl (C=O) groups is 1. The molecule has 0 amide bonds. The number of methoxy groups -OCH3 is 1. The molecule has 0 aliphatic rings. The van der Waals surface area contributed by atoms with Gasteiger partial charge in [0.15, 0.2) is 0 Å². The minimum absolute atomic E-state index is 0.0429. The van der Waals surface area contributed by atoms with Crippen LogP contribution in [0.2, 0.25) is 0 Å². The summed E-state index contributed by atoms with van der Waals surface area (Å²) in [4.78, 5) is 11.1. The number of benzene rings is 1. The van der Waals surface area contributed by atoms with Crippen LogP contribution in [-0.4, -0.2) is 13.1 Å². The van der Waals surface area contributed by atoms with Crippen molar-refractivity contribution in [2.75, 3.05) is 7.11 Å². The number of hydrogen-bond acceptors (Lipinski definition) is 3. The molecule has 1 aromatic rings. The van der Waals surface area contributed by atoms with E-state index in [-0.39, 0.29) is 5.57 Å². The largest absolute Gasteiger partial charge is 0.465 e. The van der Waals surface area contributed by atoms with Crippen LogP contribution in [0.15, 0.2) is 42.0 Å². The maximum atomic E-state index is 11.1. The lowest BCUT2D eigenvalue weighted by atomic mass is 10.1. The molecule has 0 heterocycles. The van der Waals surface area contributed by atoms with Crippen LogP contribution in [0.3, 0.4) is 0 Å². The third-order valence-electron chi connectivity index (χ3n) is 1.91. The number of rotatable bonds is 3. The van der Waals surface area contributed by atoms with Gasteiger partial charge in [-0.3, -0.25) is 0 Å². The van der Waals surface area contributed by atoms with Crippen LogP contribution in [-0.2, 0) is 16.0 Å². The predicted octanol–water partition coefficient (Wildman–Crippen LogP) is 1.85. The normalized spacial score (nSPS) is 10.5. The minimum atomic E-state index is -0.589. The first-order valence-corrected chi connectivity index (χ1v) is 4.50. The molecule has 0 aromatic heterocycles. The molecular weight excluding hydrogens is 190 g/mol. The second kappa shape index (κ2) is 5.61. The molecule has 0 aliphatic carbocycles. The Kier molecular flexibility index (Phi) is 4.11. The maximum absolute atomic E-state index is 11.1. The standard InChI is InChI=1S/C12H11NO2/c1-15-12(14)11(9-13)8-7-10-5-3-2-4-6-10/h2-6,8H,7H2,1H3. The number of esters is 1. The molecule has 0 bridgehead atoms. The van der Waals surface area contributed by atoms with Gasteiger partial charge in [-0.25, -0.2) is 4.79 Å². The Morgan fingerprint density at radius 3 is 2.67 bits per heavy atom. The second-order valence-corrected chi connectivity index (χ2v) is 2.91. The SMILES string of the molecule is COC(=O)C(C#N)=CCc1ccccc1. The lowest BCUT2D eigenvalue weighted by molar-refractivity contribution is -0.135. The van der Waals surface area contributed by atoms with Gasteiger partial charge >= 0.3 is 5.97 Å². The van der Waals surface area contributed by atoms with Gasteiger partial charge < -0.3 is 4.74 Å². The van der Waals surface area contributed by atoms with Gasteiger partial charge in [-0.05, 0) is 12.0 Å². The van der Waals surface area contributed by atoms with Crippen LogP contribution in [0.4, 0.5) is 0 Å². The number of carbonyl (C=O) groups excluding carboxylic acids is 1. The minimum Gasteiger partial charge on any atom is -0.465 e. The summed E-state index contributed by atoms with van der Waals surface area (Å²) < 4.78 is 4.46. The molecule has 0 radical (unpaired) electrons. The third kappa shape index (κ3) is 3.28. The molecule has 76 valence electrons. The predicted molar refractivity (Wildman–Crippen MR) is 55.9 cm³/mol. The van der Waals surface area contributed by atoms with Crippen molar-refractivity contribution < 1.29 is 9.53 Å². The molecule has 0 spiro atoms. The summed E-state index contributed by atoms with van der Waals surface area (Å²) in [6.45, 7) is 0. The summed E-state index contributed by atoms with van der Waals surface area (Å²) in [5.74, 6) is -0.589. The average molecular weight is 201 g/mol. The monoisotopic (exact) mass is 201 g/mol. The van der Waals surface area contributed by atoms with Crippen molar-refractivity contribution in [2.45, 2.75) is 6.42 Å². The topological polar surface area (TPSA) is 50.1 Å². The van der Waals surface area contributed by atoms with Crippen molar-refractivity contribution in [3.8, 4) is 6.07 Å². The summed E-state index contributed by atoms with van der Waals surface area (Å²) in [5, 5.41) is 8.69. The van der Waals surface area contributed by atoms with Crippen molar-refractivity contribution in [1.29, 1.82) is 5.26 Å². The number of hydrogen-bond donors (Lipinski definition) is 0. The number of allylic oxidation sites excluding steroid dienone is 1. The highest BCUT2D eigenvalue weighted by Gasteiger charge is 2.07. The zero-order valence-electron chi connectivity index (χ0n) is 8.43. The van der Waals surface area contributed by atoms with Crippen LogP contribution in [0.25, 0.3) is 0 Å². The van der Waals surface area contributed by atoms with E-state index in [1.54, 1.807) is 6.08 Å². The van der Waals surface area contributed by atoms with Crippen LogP contribution < -0.4 is 0 Å². The molecular formula is C12H11NO2. The lowest BCUT2D eigenvalue weighted by Crippen LogP contribution is -2.03. The molecule has 0 aliphatic heterocycles. The van der Waals surface area contributed by atoms with Gasteiger partial charge in [-0.1, -0.05) is 36.4 Å². The summed E-state index contributed by atoms with van der Waals surface area (Å²) in [7, 11) is 1.26. The van der Waals surface area contributed by atoms with Gasteiger partial charge in [-0.2, -0.15) is 5.26 Å². The third-order valence-corrected chi connectivity index (χ3v) is 1.91. The van der Waals surface area contributed by atoms with E-state index in [0.29, 0.717) is 6.42 Å². The van der Waals surface area contributed by atoms with E-state index in [1.165, 1.54) is 7.11 Å². The van der Waals surface area contributed by atoms with Crippen molar-refractivity contribution >= 4 is 5.97 Å². The smallest absolute Gasteiger partial charge is 0.348 e. The van der Waals surface area contributed by atoms with Gasteiger partial charge in [0, 0.05) is 0 Å². The number of nitrogens with zero attached hydrogens (tertiary/aromatic N) is 1. The van der Waals surface area contributed by atoms with E-state index in [2.05, 4.69) is 4.74 Å². The Labute approximate surface area is 88.6 Å². The van der Waals surface area contributed by atoms with E-state index in [9.17, 15) is 4.79 Å². The molecule has 1 rings (SSSR count). The molecule has 1 aromatic carbocycles. The van der Waals surface area contributed by atoms with Crippen LogP contribution in [0, 0.1) is 11.3 Å². The Balaban J connectivity index is 2.72. The molecule has 0 atom stereocenters. The zero-order chi connectivity index (χ0) is 11.1. The Morgan fingerprint density at radius 1 is 1.47 bits per heavy atom. The Hall–Kier alpha value is -2.08. The first kappa shape index (κ1) is 11.0. The van der Waals surface area contributed by atoms with Crippen molar-refractivity contribution in [3.05, 3.63) is 47.5 Å². The fraction of sp³-hybridized carbons (Fsp3) is 0.167. The van der Waals surface area contributed by atoms with Crippen molar-refractivity contribution in [3.63, 3.8) is 0 Å². The molecule has 0 unspecified atom stereocenters. The van der Waals surface area contributed by atoms with E-state index in [4.69, 9.17) is 5.26 Å². The van der Waals surface area contributed by atoms with E-state index < -0.39 is 5.97 Å². The zero-order valence-corrected chi connectivity index (χ0v) is 8.43. The summed E-state index contributed by atoms with van der Waals surface area (Å²) in [6, 6.07) is 11.4. The van der Waals surface area contributed by atoms with Crippen molar-refractivity contribution in [1.82, 2.24) is 0 Å². The highest BCUT2D eigenvalue weighted by molar-refractivity contribution is 5.92. The summed E-state index contributed by atoms with van der Waals surface area (Å²) >= 11 is 0. The van der Waals surface area contributed by atoms with Gasteiger partial charge in [0.1, 0.15) is 11.6 Å². The highest BCUT2D eigenvalue weighted by Crippen LogP contribution is 2.03. The molecule has 0 N–H and O–H groups in total. The van der Waals surface area contributed by atoms with E-state index in [1.807, 2.05) is 36.4 Å². The van der Waals surface area contributed by atoms with Gasteiger partial charge in [0.2, 0.25) is 0 Å². The quantitative estimate of drug-likeness (QED) is 0.426. The molecule has 3 nitrogen and oxygen atoms in total. The second-order valence-electron chi connectivity index (χ2n) is 2.91. The van der Waals surface area contributed by atoms with E-state index in [0.717, 1.165) is 5.56 Å².